The van der Waals surface area contributed by atoms with E-state index >= 15 is 0 Å². The Morgan fingerprint density at radius 1 is 0.515 bits per heavy atom. The highest BCUT2D eigenvalue weighted by Crippen LogP contribution is 2.42. The maximum absolute atomic E-state index is 6.30. The van der Waals surface area contributed by atoms with E-state index in [1.165, 1.54) is 0 Å². The van der Waals surface area contributed by atoms with Crippen LogP contribution < -0.4 is 14.2 Å². The molecule has 1 N–H and O–H groups in total. The third-order valence-electron chi connectivity index (χ3n) is 5.42. The molecule has 164 valence electrons. The molecule has 0 saturated heterocycles. The summed E-state index contributed by atoms with van der Waals surface area (Å²) in [5.41, 5.74) is 4.18. The third kappa shape index (κ3) is 5.01. The molecule has 0 amide bonds. The highest BCUT2D eigenvalue weighted by Gasteiger charge is 2.17. The lowest BCUT2D eigenvalue weighted by atomic mass is 10.2. The van der Waals surface area contributed by atoms with Gasteiger partial charge in [0.2, 0.25) is 0 Å². The van der Waals surface area contributed by atoms with Crippen LogP contribution in [0.5, 0.6) is 17.2 Å². The zero-order valence-corrected chi connectivity index (χ0v) is 18.2. The van der Waals surface area contributed by atoms with Crippen molar-refractivity contribution in [3.63, 3.8) is 0 Å². The van der Waals surface area contributed by atoms with Gasteiger partial charge in [-0.2, -0.15) is 0 Å². The fourth-order valence-electron chi connectivity index (χ4n) is 3.72. The number of hydrogen-bond donors (Lipinski definition) is 1. The number of aromatic nitrogens is 1. The van der Waals surface area contributed by atoms with E-state index in [9.17, 15) is 0 Å². The second-order valence-electron chi connectivity index (χ2n) is 7.79. The maximum atomic E-state index is 6.30. The van der Waals surface area contributed by atoms with E-state index in [2.05, 4.69) is 29.2 Å². The summed E-state index contributed by atoms with van der Waals surface area (Å²) >= 11 is 0. The Bertz CT molecular complexity index is 1300. The van der Waals surface area contributed by atoms with E-state index in [-0.39, 0.29) is 0 Å². The van der Waals surface area contributed by atoms with E-state index in [4.69, 9.17) is 14.2 Å². The van der Waals surface area contributed by atoms with Gasteiger partial charge in [0.1, 0.15) is 25.6 Å². The van der Waals surface area contributed by atoms with Gasteiger partial charge in [0.05, 0.1) is 5.52 Å². The van der Waals surface area contributed by atoms with Crippen LogP contribution in [-0.4, -0.2) is 4.98 Å². The van der Waals surface area contributed by atoms with Crippen LogP contribution in [0.1, 0.15) is 16.7 Å². The van der Waals surface area contributed by atoms with Crippen molar-refractivity contribution in [2.24, 2.45) is 0 Å². The lowest BCUT2D eigenvalue weighted by Crippen LogP contribution is -2.03. The molecule has 0 saturated carbocycles. The Morgan fingerprint density at radius 2 is 1.00 bits per heavy atom. The van der Waals surface area contributed by atoms with Gasteiger partial charge in [-0.15, -0.1) is 0 Å². The van der Waals surface area contributed by atoms with Gasteiger partial charge in [0.15, 0.2) is 11.5 Å². The Balaban J connectivity index is 1.46. The summed E-state index contributed by atoms with van der Waals surface area (Å²) in [4.78, 5) is 3.30. The summed E-state index contributed by atoms with van der Waals surface area (Å²) in [6, 6.07) is 34.3. The average molecular weight is 436 g/mol. The molecule has 0 unspecified atom stereocenters. The molecular weight excluding hydrogens is 410 g/mol. The summed E-state index contributed by atoms with van der Waals surface area (Å²) in [5, 5.41) is 0.930. The molecule has 4 aromatic carbocycles. The van der Waals surface area contributed by atoms with Crippen LogP contribution in [0.25, 0.3) is 10.9 Å². The van der Waals surface area contributed by atoms with E-state index < -0.39 is 0 Å². The summed E-state index contributed by atoms with van der Waals surface area (Å²) < 4.78 is 18.8. The molecule has 0 aliphatic carbocycles. The van der Waals surface area contributed by atoms with Crippen LogP contribution in [0.2, 0.25) is 0 Å². The van der Waals surface area contributed by atoms with Crippen molar-refractivity contribution in [3.8, 4) is 17.2 Å². The number of H-pyrrole nitrogens is 1. The molecule has 5 aromatic rings. The molecule has 5 rings (SSSR count). The molecule has 0 spiro atoms. The van der Waals surface area contributed by atoms with Crippen LogP contribution in [0, 0.1) is 0 Å². The Labute approximate surface area is 193 Å². The molecule has 0 fully saturated rings. The van der Waals surface area contributed by atoms with Gasteiger partial charge in [-0.25, -0.2) is 0 Å². The lowest BCUT2D eigenvalue weighted by molar-refractivity contribution is 0.255. The average Bonchev–Trinajstić information content (AvgIpc) is 3.37. The largest absolute Gasteiger partial charge is 0.487 e. The zero-order chi connectivity index (χ0) is 22.3. The van der Waals surface area contributed by atoms with Crippen LogP contribution in [0.4, 0.5) is 0 Å². The van der Waals surface area contributed by atoms with Crippen molar-refractivity contribution in [2.75, 3.05) is 0 Å². The zero-order valence-electron chi connectivity index (χ0n) is 18.2. The number of ether oxygens (including phenoxy) is 3. The minimum Gasteiger partial charge on any atom is -0.487 e. The molecule has 4 heteroatoms. The van der Waals surface area contributed by atoms with Gasteiger partial charge >= 0.3 is 0 Å². The Kier molecular flexibility index (Phi) is 6.25. The van der Waals surface area contributed by atoms with Gasteiger partial charge in [0.25, 0.3) is 0 Å². The monoisotopic (exact) mass is 435 g/mol. The van der Waals surface area contributed by atoms with E-state index in [1.54, 1.807) is 0 Å². The van der Waals surface area contributed by atoms with Gasteiger partial charge in [-0.3, -0.25) is 0 Å². The number of nitrogens with one attached hydrogen (secondary N) is 1. The second kappa shape index (κ2) is 9.96. The molecule has 4 nitrogen and oxygen atoms in total. The highest BCUT2D eigenvalue weighted by atomic mass is 16.5. The Hall–Kier alpha value is -4.18. The molecule has 0 bridgehead atoms. The fraction of sp³-hybridized carbons (Fsp3) is 0.103. The fourth-order valence-corrected chi connectivity index (χ4v) is 3.72. The lowest BCUT2D eigenvalue weighted by Gasteiger charge is -2.17. The molecule has 0 radical (unpaired) electrons. The highest BCUT2D eigenvalue weighted by molar-refractivity contribution is 5.93. The number of fused-ring (bicyclic) bond motifs is 1. The van der Waals surface area contributed by atoms with E-state index in [1.807, 2.05) is 85.1 Å². The van der Waals surface area contributed by atoms with E-state index in [0.717, 1.165) is 33.3 Å². The molecule has 1 heterocycles. The van der Waals surface area contributed by atoms with Crippen LogP contribution in [0.15, 0.2) is 109 Å². The van der Waals surface area contributed by atoms with Gasteiger partial charge < -0.3 is 19.2 Å². The first-order valence-corrected chi connectivity index (χ1v) is 11.0. The van der Waals surface area contributed by atoms with Gasteiger partial charge in [0, 0.05) is 17.6 Å². The quantitative estimate of drug-likeness (QED) is 0.274. The normalized spacial score (nSPS) is 10.8. The van der Waals surface area contributed by atoms with Crippen molar-refractivity contribution in [3.05, 3.63) is 126 Å². The molecule has 0 atom stereocenters. The van der Waals surface area contributed by atoms with Gasteiger partial charge in [-0.05, 0) is 22.8 Å². The molecule has 1 aromatic heterocycles. The maximum Gasteiger partial charge on any atom is 0.171 e. The molecule has 0 aliphatic rings. The molecule has 0 aliphatic heterocycles. The third-order valence-corrected chi connectivity index (χ3v) is 5.42. The first-order chi connectivity index (χ1) is 16.4. The smallest absolute Gasteiger partial charge is 0.171 e. The predicted molar refractivity (Wildman–Crippen MR) is 131 cm³/mol. The van der Waals surface area contributed by atoms with Crippen LogP contribution in [0.3, 0.4) is 0 Å². The van der Waals surface area contributed by atoms with Crippen LogP contribution >= 0.6 is 0 Å². The van der Waals surface area contributed by atoms with Crippen LogP contribution in [-0.2, 0) is 19.8 Å². The minimum atomic E-state index is 0.441. The number of aromatic amines is 1. The van der Waals surface area contributed by atoms with E-state index in [0.29, 0.717) is 31.3 Å². The summed E-state index contributed by atoms with van der Waals surface area (Å²) in [7, 11) is 0. The van der Waals surface area contributed by atoms with Crippen molar-refractivity contribution in [1.29, 1.82) is 0 Å². The van der Waals surface area contributed by atoms with Crippen molar-refractivity contribution >= 4 is 10.9 Å². The van der Waals surface area contributed by atoms with Crippen molar-refractivity contribution in [1.82, 2.24) is 4.98 Å². The summed E-state index contributed by atoms with van der Waals surface area (Å²) in [6.45, 7) is 1.36. The SMILES string of the molecule is c1ccc(COc2cc(OCc3ccccc3)c3[nH]ccc3c2OCc2ccccc2)cc1. The second-order valence-corrected chi connectivity index (χ2v) is 7.79. The van der Waals surface area contributed by atoms with Gasteiger partial charge in [-0.1, -0.05) is 91.0 Å². The van der Waals surface area contributed by atoms with Crippen molar-refractivity contribution < 1.29 is 14.2 Å². The number of hydrogen-bond acceptors (Lipinski definition) is 3. The Morgan fingerprint density at radius 3 is 1.55 bits per heavy atom. The summed E-state index contributed by atoms with van der Waals surface area (Å²) in [5.74, 6) is 2.09. The predicted octanol–water partition coefficient (Wildman–Crippen LogP) is 6.90. The first kappa shape index (κ1) is 20.7. The number of benzene rings is 4. The molecule has 33 heavy (non-hydrogen) atoms. The van der Waals surface area contributed by atoms with Crippen molar-refractivity contribution in [2.45, 2.75) is 19.8 Å². The standard InChI is InChI=1S/C29H25NO3/c1-4-10-22(11-5-1)19-31-26-18-27(32-20-23-12-6-2-7-13-23)29(25-16-17-30-28(25)26)33-21-24-14-8-3-9-15-24/h1-18,30H,19-21H2. The molecular formula is C29H25NO3. The topological polar surface area (TPSA) is 43.5 Å². The number of rotatable bonds is 9. The first-order valence-electron chi connectivity index (χ1n) is 11.0. The summed E-state index contributed by atoms with van der Waals surface area (Å²) in [6.07, 6.45) is 1.90. The minimum absolute atomic E-state index is 0.441.